The van der Waals surface area contributed by atoms with E-state index in [0.717, 1.165) is 24.5 Å². The second kappa shape index (κ2) is 14.6. The number of hydrogen-bond donors (Lipinski definition) is 1. The molecule has 1 N–H and O–H groups in total. The average Bonchev–Trinajstić information content (AvgIpc) is 2.68. The van der Waals surface area contributed by atoms with Crippen molar-refractivity contribution in [1.82, 2.24) is 0 Å². The van der Waals surface area contributed by atoms with Crippen molar-refractivity contribution < 1.29 is 74.2 Å². The summed E-state index contributed by atoms with van der Waals surface area (Å²) in [5.74, 6) is -0.0987. The van der Waals surface area contributed by atoms with Gasteiger partial charge in [-0.15, -0.1) is 5.75 Å². The molecule has 0 bridgehead atoms. The van der Waals surface area contributed by atoms with Crippen molar-refractivity contribution in [3.05, 3.63) is 48.0 Å². The summed E-state index contributed by atoms with van der Waals surface area (Å²) in [7, 11) is -4.54. The van der Waals surface area contributed by atoms with Crippen LogP contribution < -0.4 is 61.2 Å². The average molecular weight is 459 g/mol. The van der Waals surface area contributed by atoms with Gasteiger partial charge >= 0.3 is 51.4 Å². The molecule has 0 saturated heterocycles. The van der Waals surface area contributed by atoms with Crippen LogP contribution in [0.2, 0.25) is 0 Å². The first-order valence-corrected chi connectivity index (χ1v) is 11.9. The van der Waals surface area contributed by atoms with E-state index >= 15 is 0 Å². The maximum Gasteiger partial charge on any atom is 1.00 e. The molecule has 7 heteroatoms. The van der Waals surface area contributed by atoms with Crippen molar-refractivity contribution in [2.75, 3.05) is 0 Å². The number of rotatable bonds is 13. The fourth-order valence-corrected chi connectivity index (χ4v) is 3.93. The summed E-state index contributed by atoms with van der Waals surface area (Å²) >= 11 is 0. The summed E-state index contributed by atoms with van der Waals surface area (Å²) in [5, 5.41) is 11.4. The van der Waals surface area contributed by atoms with Crippen LogP contribution in [0.5, 0.6) is 17.2 Å². The monoisotopic (exact) mass is 458 g/mol. The van der Waals surface area contributed by atoms with Gasteiger partial charge in [0.05, 0.1) is 0 Å². The van der Waals surface area contributed by atoms with Gasteiger partial charge in [-0.2, -0.15) is 8.42 Å². The van der Waals surface area contributed by atoms with Gasteiger partial charge in [0, 0.05) is 0 Å². The zero-order valence-electron chi connectivity index (χ0n) is 18.1. The molecule has 0 spiro atoms. The first-order valence-electron chi connectivity index (χ1n) is 10.5. The molecule has 0 heterocycles. The van der Waals surface area contributed by atoms with E-state index in [1.807, 2.05) is 18.2 Å². The van der Waals surface area contributed by atoms with Crippen molar-refractivity contribution in [2.45, 2.75) is 76.0 Å². The molecule has 0 aliphatic rings. The van der Waals surface area contributed by atoms with E-state index in [1.54, 1.807) is 6.07 Å². The van der Waals surface area contributed by atoms with Crippen LogP contribution in [0.1, 0.15) is 70.3 Å². The number of hydrogen-bond acceptors (Lipinski definition) is 4. The van der Waals surface area contributed by atoms with Gasteiger partial charge in [-0.3, -0.25) is 4.55 Å². The number of aryl methyl sites for hydroxylation is 1. The third kappa shape index (κ3) is 10.3. The predicted molar refractivity (Wildman–Crippen MR) is 113 cm³/mol. The SMILES string of the molecule is CCCCCCCCCCCc1cccc(Oc2ccc([O-])cc2S(=O)(=O)O)c1.[K+]. The largest absolute Gasteiger partial charge is 1.00 e. The first-order chi connectivity index (χ1) is 13.9. The Morgan fingerprint density at radius 1 is 0.900 bits per heavy atom. The van der Waals surface area contributed by atoms with Crippen LogP contribution >= 0.6 is 0 Å². The Labute approximate surface area is 223 Å². The second-order valence-corrected chi connectivity index (χ2v) is 8.80. The summed E-state index contributed by atoms with van der Waals surface area (Å²) in [4.78, 5) is -0.519. The fourth-order valence-electron chi connectivity index (χ4n) is 3.31. The number of benzene rings is 2. The van der Waals surface area contributed by atoms with Crippen LogP contribution in [0.15, 0.2) is 47.4 Å². The maximum atomic E-state index is 11.5. The molecular formula is C23H31KO5S. The van der Waals surface area contributed by atoms with Crippen molar-refractivity contribution in [1.29, 1.82) is 0 Å². The second-order valence-electron chi connectivity index (χ2n) is 7.41. The van der Waals surface area contributed by atoms with Crippen molar-refractivity contribution in [3.8, 4) is 17.2 Å². The number of ether oxygens (including phenoxy) is 1. The first kappa shape index (κ1) is 27.6. The zero-order chi connectivity index (χ0) is 21.1. The predicted octanol–water partition coefficient (Wildman–Crippen LogP) is 2.88. The molecule has 0 unspecified atom stereocenters. The molecule has 0 aliphatic carbocycles. The normalized spacial score (nSPS) is 11.1. The van der Waals surface area contributed by atoms with Crippen LogP contribution in [0, 0.1) is 0 Å². The van der Waals surface area contributed by atoms with Gasteiger partial charge in [-0.25, -0.2) is 0 Å². The van der Waals surface area contributed by atoms with Crippen LogP contribution in [-0.2, 0) is 16.5 Å². The van der Waals surface area contributed by atoms with E-state index in [-0.39, 0.29) is 57.1 Å². The molecule has 5 nitrogen and oxygen atoms in total. The molecule has 2 aromatic rings. The topological polar surface area (TPSA) is 86.7 Å². The maximum absolute atomic E-state index is 11.5. The van der Waals surface area contributed by atoms with Gasteiger partial charge in [0.25, 0.3) is 10.1 Å². The van der Waals surface area contributed by atoms with Gasteiger partial charge in [0.1, 0.15) is 16.4 Å². The Hall–Kier alpha value is -0.414. The third-order valence-corrected chi connectivity index (χ3v) is 5.76. The molecule has 0 amide bonds. The van der Waals surface area contributed by atoms with E-state index in [4.69, 9.17) is 4.74 Å². The molecule has 30 heavy (non-hydrogen) atoms. The van der Waals surface area contributed by atoms with Crippen LogP contribution in [0.4, 0.5) is 0 Å². The van der Waals surface area contributed by atoms with Gasteiger partial charge in [-0.1, -0.05) is 76.5 Å². The molecule has 0 aliphatic heterocycles. The Morgan fingerprint density at radius 2 is 1.53 bits per heavy atom. The van der Waals surface area contributed by atoms with Gasteiger partial charge in [0.15, 0.2) is 0 Å². The van der Waals surface area contributed by atoms with E-state index in [2.05, 4.69) is 6.92 Å². The minimum Gasteiger partial charge on any atom is -0.872 e. The molecule has 2 rings (SSSR count). The zero-order valence-corrected chi connectivity index (χ0v) is 22.0. The van der Waals surface area contributed by atoms with E-state index in [1.165, 1.54) is 63.5 Å². The van der Waals surface area contributed by atoms with Crippen molar-refractivity contribution in [3.63, 3.8) is 0 Å². The minimum atomic E-state index is -4.54. The Balaban J connectivity index is 0.00000450. The van der Waals surface area contributed by atoms with E-state index in [9.17, 15) is 18.1 Å². The molecule has 0 atom stereocenters. The standard InChI is InChI=1S/C23H32O5S.K/c1-2-3-4-5-6-7-8-9-10-12-19-13-11-14-21(17-19)28-22-16-15-20(24)18-23(22)29(25,26)27;/h11,13-18,24H,2-10,12H2,1H3,(H,25,26,27);/q;+1/p-1. The van der Waals surface area contributed by atoms with Gasteiger partial charge < -0.3 is 9.84 Å². The summed E-state index contributed by atoms with van der Waals surface area (Å²) in [6.07, 6.45) is 12.4. The fraction of sp³-hybridized carbons (Fsp3) is 0.478. The van der Waals surface area contributed by atoms with Gasteiger partial charge in [0.2, 0.25) is 0 Å². The summed E-state index contributed by atoms with van der Waals surface area (Å²) in [6, 6.07) is 10.8. The molecule has 160 valence electrons. The molecule has 0 saturated carbocycles. The molecule has 0 radical (unpaired) electrons. The summed E-state index contributed by atoms with van der Waals surface area (Å²) < 4.78 is 38.0. The molecular weight excluding hydrogens is 427 g/mol. The molecule has 2 aromatic carbocycles. The Bertz CT molecular complexity index is 868. The molecule has 0 fully saturated rings. The third-order valence-electron chi connectivity index (χ3n) is 4.89. The summed E-state index contributed by atoms with van der Waals surface area (Å²) in [6.45, 7) is 2.23. The van der Waals surface area contributed by atoms with Crippen molar-refractivity contribution in [2.24, 2.45) is 0 Å². The molecule has 0 aromatic heterocycles. The Morgan fingerprint density at radius 3 is 2.17 bits per heavy atom. The summed E-state index contributed by atoms with van der Waals surface area (Å²) in [5.41, 5.74) is 1.11. The van der Waals surface area contributed by atoms with Crippen LogP contribution in [0.25, 0.3) is 0 Å². The van der Waals surface area contributed by atoms with Crippen LogP contribution in [0.3, 0.4) is 0 Å². The van der Waals surface area contributed by atoms with Crippen molar-refractivity contribution >= 4 is 10.1 Å². The van der Waals surface area contributed by atoms with E-state index < -0.39 is 20.8 Å². The van der Waals surface area contributed by atoms with E-state index in [0.29, 0.717) is 5.75 Å². The Kier molecular flexibility index (Phi) is 13.5. The quantitative estimate of drug-likeness (QED) is 0.283. The number of unbranched alkanes of at least 4 members (excludes halogenated alkanes) is 8. The smallest absolute Gasteiger partial charge is 0.872 e. The van der Waals surface area contributed by atoms with Crippen LogP contribution in [-0.4, -0.2) is 13.0 Å². The minimum absolute atomic E-state index is 0. The van der Waals surface area contributed by atoms with Gasteiger partial charge in [-0.05, 0) is 42.7 Å².